The van der Waals surface area contributed by atoms with Gasteiger partial charge in [-0.15, -0.1) is 0 Å². The van der Waals surface area contributed by atoms with Gasteiger partial charge in [0.1, 0.15) is 15.9 Å². The monoisotopic (exact) mass is 600 g/mol. The Balaban J connectivity index is 2.19. The van der Waals surface area contributed by atoms with Gasteiger partial charge >= 0.3 is 17.9 Å². The molecule has 0 radical (unpaired) electrons. The van der Waals surface area contributed by atoms with Gasteiger partial charge in [0.15, 0.2) is 13.3 Å². The summed E-state index contributed by atoms with van der Waals surface area (Å²) >= 11 is 0. The van der Waals surface area contributed by atoms with E-state index in [1.165, 1.54) is 16.8 Å². The Morgan fingerprint density at radius 2 is 1.14 bits per heavy atom. The summed E-state index contributed by atoms with van der Waals surface area (Å²) in [6.07, 6.45) is 1.52. The minimum Gasteiger partial charge on any atom is -0.478 e. The molecule has 3 aromatic carbocycles. The number of esters is 2. The highest BCUT2D eigenvalue weighted by Crippen LogP contribution is 2.66. The standard InChI is InChI=1S/C34H34NO7P/c1-4-40-32(37)29(35-24-16-23-28(35)30(36)33(38)41-5-2)31(34(39)42-6-3)43(25-17-10-7-11-18-25,26-19-12-8-13-20-26)27-21-14-9-15-22-27/h7-24,29H,4-6H2,1-3H3/p+1/b34-31-. The van der Waals surface area contributed by atoms with E-state index in [2.05, 4.69) is 0 Å². The van der Waals surface area contributed by atoms with Crippen LogP contribution < -0.4 is 15.9 Å². The summed E-state index contributed by atoms with van der Waals surface area (Å²) in [6.45, 7) is 5.15. The van der Waals surface area contributed by atoms with Crippen molar-refractivity contribution in [2.75, 3.05) is 19.8 Å². The van der Waals surface area contributed by atoms with Gasteiger partial charge in [0.25, 0.3) is 5.78 Å². The summed E-state index contributed by atoms with van der Waals surface area (Å²) in [4.78, 5) is 40.1. The van der Waals surface area contributed by atoms with E-state index in [9.17, 15) is 19.5 Å². The number of benzene rings is 3. The summed E-state index contributed by atoms with van der Waals surface area (Å²) in [5.41, 5.74) is -0.0920. The Bertz CT molecular complexity index is 1470. The van der Waals surface area contributed by atoms with E-state index in [0.717, 1.165) is 15.9 Å². The lowest BCUT2D eigenvalue weighted by atomic mass is 10.2. The van der Waals surface area contributed by atoms with Gasteiger partial charge in [-0.2, -0.15) is 0 Å². The number of carbonyl (C=O) groups excluding carboxylic acids is 3. The smallest absolute Gasteiger partial charge is 0.381 e. The lowest BCUT2D eigenvalue weighted by molar-refractivity contribution is -0.146. The van der Waals surface area contributed by atoms with Crippen LogP contribution in [0, 0.1) is 0 Å². The Morgan fingerprint density at radius 1 is 0.674 bits per heavy atom. The fraction of sp³-hybridized carbons (Fsp3) is 0.206. The molecule has 0 saturated heterocycles. The first-order valence-electron chi connectivity index (χ1n) is 14.1. The summed E-state index contributed by atoms with van der Waals surface area (Å²) in [5, 5.41) is 14.6. The van der Waals surface area contributed by atoms with Gasteiger partial charge < -0.3 is 23.9 Å². The number of nitrogens with zero attached hydrogens (tertiary/aromatic N) is 1. The fourth-order valence-electron chi connectivity index (χ4n) is 5.16. The number of ketones is 1. The topological polar surface area (TPSA) is 104 Å². The SMILES string of the molecule is CCOC(=O)C(=O)c1cccn1C(C(=O)OCC)/C(=C(\O)OCC)[P+](c1ccccc1)(c1ccccc1)c1ccccc1. The normalized spacial score (nSPS) is 12.5. The van der Waals surface area contributed by atoms with Gasteiger partial charge in [-0.3, -0.25) is 4.79 Å². The van der Waals surface area contributed by atoms with E-state index in [0.29, 0.717) is 0 Å². The number of hydrogen-bond donors (Lipinski definition) is 1. The number of carbonyl (C=O) groups is 3. The highest BCUT2D eigenvalue weighted by Gasteiger charge is 2.58. The van der Waals surface area contributed by atoms with Crippen LogP contribution >= 0.6 is 7.26 Å². The molecule has 0 aliphatic rings. The number of hydrogen-bond acceptors (Lipinski definition) is 7. The zero-order valence-electron chi connectivity index (χ0n) is 24.4. The maximum absolute atomic E-state index is 14.1. The van der Waals surface area contributed by atoms with E-state index in [1.54, 1.807) is 26.8 Å². The third kappa shape index (κ3) is 6.25. The molecule has 0 saturated carbocycles. The molecule has 4 rings (SSSR count). The third-order valence-electron chi connectivity index (χ3n) is 6.81. The highest BCUT2D eigenvalue weighted by molar-refractivity contribution is 7.99. The molecule has 1 atom stereocenters. The summed E-state index contributed by atoms with van der Waals surface area (Å²) in [7, 11) is -3.16. The van der Waals surface area contributed by atoms with Crippen molar-refractivity contribution >= 4 is 40.9 Å². The van der Waals surface area contributed by atoms with Crippen molar-refractivity contribution in [3.63, 3.8) is 0 Å². The van der Waals surface area contributed by atoms with Crippen LogP contribution in [0.5, 0.6) is 0 Å². The van der Waals surface area contributed by atoms with Crippen molar-refractivity contribution in [1.29, 1.82) is 0 Å². The molecule has 1 aromatic heterocycles. The minimum atomic E-state index is -3.16. The number of aliphatic hydroxyl groups excluding tert-OH is 1. The summed E-state index contributed by atoms with van der Waals surface area (Å²) < 4.78 is 17.8. The van der Waals surface area contributed by atoms with Crippen LogP contribution in [0.1, 0.15) is 37.3 Å². The average molecular weight is 601 g/mol. The van der Waals surface area contributed by atoms with Crippen LogP contribution in [0.25, 0.3) is 0 Å². The first kappa shape index (κ1) is 31.3. The van der Waals surface area contributed by atoms with Crippen molar-refractivity contribution in [3.8, 4) is 0 Å². The molecule has 0 fully saturated rings. The second-order valence-corrected chi connectivity index (χ2v) is 12.7. The fourth-order valence-corrected chi connectivity index (χ4v) is 9.70. The van der Waals surface area contributed by atoms with Crippen LogP contribution in [0.3, 0.4) is 0 Å². The maximum atomic E-state index is 14.1. The largest absolute Gasteiger partial charge is 0.478 e. The van der Waals surface area contributed by atoms with Crippen molar-refractivity contribution in [1.82, 2.24) is 4.57 Å². The zero-order chi connectivity index (χ0) is 30.8. The van der Waals surface area contributed by atoms with Gasteiger partial charge in [-0.25, -0.2) is 9.59 Å². The first-order valence-corrected chi connectivity index (χ1v) is 15.9. The Kier molecular flexibility index (Phi) is 10.5. The summed E-state index contributed by atoms with van der Waals surface area (Å²) in [6, 6.07) is 30.4. The maximum Gasteiger partial charge on any atom is 0.381 e. The second-order valence-electron chi connectivity index (χ2n) is 9.31. The van der Waals surface area contributed by atoms with E-state index in [-0.39, 0.29) is 30.8 Å². The van der Waals surface area contributed by atoms with E-state index >= 15 is 0 Å². The molecular weight excluding hydrogens is 565 g/mol. The molecule has 8 nitrogen and oxygen atoms in total. The molecule has 1 unspecified atom stereocenters. The minimum absolute atomic E-state index is 0.00747. The predicted octanol–water partition coefficient (Wildman–Crippen LogP) is 5.10. The van der Waals surface area contributed by atoms with Gasteiger partial charge in [-0.05, 0) is 69.3 Å². The van der Waals surface area contributed by atoms with Gasteiger partial charge in [0.2, 0.25) is 5.31 Å². The molecule has 222 valence electrons. The molecule has 1 heterocycles. The zero-order valence-corrected chi connectivity index (χ0v) is 25.3. The predicted molar refractivity (Wildman–Crippen MR) is 167 cm³/mol. The lowest BCUT2D eigenvalue weighted by Gasteiger charge is -2.33. The molecule has 0 amide bonds. The van der Waals surface area contributed by atoms with Gasteiger partial charge in [-0.1, -0.05) is 54.6 Å². The molecule has 0 bridgehead atoms. The van der Waals surface area contributed by atoms with Crippen LogP contribution in [0.4, 0.5) is 0 Å². The van der Waals surface area contributed by atoms with Crippen molar-refractivity contribution in [2.24, 2.45) is 0 Å². The number of Topliss-reactive ketones (excluding diaryl/α,β-unsaturated/α-hetero) is 1. The van der Waals surface area contributed by atoms with Gasteiger partial charge in [0, 0.05) is 6.20 Å². The van der Waals surface area contributed by atoms with E-state index in [4.69, 9.17) is 14.2 Å². The van der Waals surface area contributed by atoms with Crippen molar-refractivity contribution in [2.45, 2.75) is 26.8 Å². The second kappa shape index (κ2) is 14.5. The number of aliphatic hydroxyl groups is 1. The number of ether oxygens (including phenoxy) is 3. The highest BCUT2D eigenvalue weighted by atomic mass is 31.2. The Labute approximate surface area is 251 Å². The number of rotatable bonds is 13. The molecular formula is C34H35NO7P+. The van der Waals surface area contributed by atoms with Crippen LogP contribution in [-0.4, -0.2) is 47.2 Å². The van der Waals surface area contributed by atoms with Crippen molar-refractivity contribution in [3.05, 3.63) is 126 Å². The molecule has 0 aliphatic carbocycles. The molecule has 1 N–H and O–H groups in total. The van der Waals surface area contributed by atoms with Crippen LogP contribution in [-0.2, 0) is 23.8 Å². The van der Waals surface area contributed by atoms with Crippen LogP contribution in [0.2, 0.25) is 0 Å². The Morgan fingerprint density at radius 3 is 1.58 bits per heavy atom. The molecule has 0 spiro atoms. The van der Waals surface area contributed by atoms with Crippen LogP contribution in [0.15, 0.2) is 121 Å². The lowest BCUT2D eigenvalue weighted by Crippen LogP contribution is -2.39. The van der Waals surface area contributed by atoms with Crippen molar-refractivity contribution < 1.29 is 33.7 Å². The molecule has 9 heteroatoms. The average Bonchev–Trinajstić information content (AvgIpc) is 3.52. The quantitative estimate of drug-likeness (QED) is 0.0749. The van der Waals surface area contributed by atoms with E-state index in [1.807, 2.05) is 91.0 Å². The molecule has 4 aromatic rings. The third-order valence-corrected chi connectivity index (χ3v) is 11.2. The molecule has 43 heavy (non-hydrogen) atoms. The summed E-state index contributed by atoms with van der Waals surface area (Å²) in [5.74, 6) is -3.18. The first-order chi connectivity index (χ1) is 20.9. The van der Waals surface area contributed by atoms with Gasteiger partial charge in [0.05, 0.1) is 25.5 Å². The van der Waals surface area contributed by atoms with E-state index < -0.39 is 37.0 Å². The molecule has 0 aliphatic heterocycles. The Hall–Kier alpha value is -4.68. The number of aromatic nitrogens is 1.